The number of carbonyl (C=O) groups is 1. The lowest BCUT2D eigenvalue weighted by Gasteiger charge is -2.25. The van der Waals surface area contributed by atoms with E-state index in [1.807, 2.05) is 12.1 Å². The van der Waals surface area contributed by atoms with E-state index >= 15 is 0 Å². The normalized spacial score (nSPS) is 16.6. The fourth-order valence-electron chi connectivity index (χ4n) is 4.37. The van der Waals surface area contributed by atoms with Gasteiger partial charge < -0.3 is 23.9 Å². The van der Waals surface area contributed by atoms with Gasteiger partial charge in [0, 0.05) is 6.54 Å². The quantitative estimate of drug-likeness (QED) is 0.532. The maximum Gasteiger partial charge on any atom is 0.291 e. The molecule has 0 bridgehead atoms. The van der Waals surface area contributed by atoms with Crippen LogP contribution in [-0.2, 0) is 6.54 Å². The predicted octanol–water partition coefficient (Wildman–Crippen LogP) is 3.97. The summed E-state index contributed by atoms with van der Waals surface area (Å²) in [5.74, 6) is 1.06. The van der Waals surface area contributed by atoms with E-state index in [-0.39, 0.29) is 36.2 Å². The average molecular weight is 427 g/mol. The molecule has 1 aromatic heterocycles. The number of nitrogens with zero attached hydrogens (tertiary/aromatic N) is 1. The second kappa shape index (κ2) is 6.88. The highest BCUT2D eigenvalue weighted by atomic mass is 16.7. The van der Waals surface area contributed by atoms with E-state index < -0.39 is 6.04 Å². The van der Waals surface area contributed by atoms with Gasteiger partial charge in [0.1, 0.15) is 11.3 Å². The molecule has 3 heterocycles. The van der Waals surface area contributed by atoms with Crippen LogP contribution in [0.1, 0.15) is 33.3 Å². The lowest BCUT2D eigenvalue weighted by Crippen LogP contribution is -2.29. The van der Waals surface area contributed by atoms with Crippen LogP contribution in [0.25, 0.3) is 11.0 Å². The molecule has 0 aliphatic carbocycles. The molecule has 158 valence electrons. The summed E-state index contributed by atoms with van der Waals surface area (Å²) in [6.45, 7) is 0.398. The van der Waals surface area contributed by atoms with E-state index in [1.165, 1.54) is 0 Å². The van der Waals surface area contributed by atoms with Crippen molar-refractivity contribution in [2.75, 3.05) is 6.79 Å². The molecule has 0 saturated carbocycles. The van der Waals surface area contributed by atoms with Crippen LogP contribution < -0.4 is 14.9 Å². The third-order valence-corrected chi connectivity index (χ3v) is 5.87. The van der Waals surface area contributed by atoms with Crippen LogP contribution >= 0.6 is 0 Å². The minimum Gasteiger partial charge on any atom is -0.508 e. The molecule has 1 N–H and O–H groups in total. The third kappa shape index (κ3) is 2.75. The number of amides is 1. The fourth-order valence-corrected chi connectivity index (χ4v) is 4.37. The zero-order valence-electron chi connectivity index (χ0n) is 16.8. The third-order valence-electron chi connectivity index (χ3n) is 5.87. The van der Waals surface area contributed by atoms with Crippen LogP contribution in [0.4, 0.5) is 0 Å². The summed E-state index contributed by atoms with van der Waals surface area (Å²) in [5.41, 5.74) is 1.98. The van der Waals surface area contributed by atoms with Crippen LogP contribution in [0.5, 0.6) is 17.2 Å². The molecule has 6 rings (SSSR count). The van der Waals surface area contributed by atoms with Crippen molar-refractivity contribution in [1.29, 1.82) is 0 Å². The molecule has 0 saturated heterocycles. The molecule has 2 aliphatic rings. The van der Waals surface area contributed by atoms with Crippen LogP contribution in [0.2, 0.25) is 0 Å². The van der Waals surface area contributed by atoms with E-state index in [2.05, 4.69) is 0 Å². The number of carbonyl (C=O) groups excluding carboxylic acids is 1. The van der Waals surface area contributed by atoms with Crippen LogP contribution in [0, 0.1) is 0 Å². The summed E-state index contributed by atoms with van der Waals surface area (Å²) in [6, 6.07) is 18.3. The van der Waals surface area contributed by atoms with Crippen molar-refractivity contribution in [2.45, 2.75) is 12.6 Å². The lowest BCUT2D eigenvalue weighted by molar-refractivity contribution is 0.0714. The number of hydrogen-bond acceptors (Lipinski definition) is 6. The number of fused-ring (bicyclic) bond motifs is 3. The number of phenolic OH excluding ortho intramolecular Hbond substituents is 1. The van der Waals surface area contributed by atoms with Gasteiger partial charge in [0.25, 0.3) is 5.91 Å². The number of rotatable bonds is 3. The van der Waals surface area contributed by atoms with Crippen LogP contribution in [0.15, 0.2) is 75.9 Å². The highest BCUT2D eigenvalue weighted by molar-refractivity contribution is 5.99. The summed E-state index contributed by atoms with van der Waals surface area (Å²) in [4.78, 5) is 28.5. The monoisotopic (exact) mass is 427 g/mol. The lowest BCUT2D eigenvalue weighted by atomic mass is 9.98. The summed E-state index contributed by atoms with van der Waals surface area (Å²) in [6.07, 6.45) is 0. The molecule has 7 nitrogen and oxygen atoms in total. The Balaban J connectivity index is 1.51. The second-order valence-electron chi connectivity index (χ2n) is 7.78. The molecular weight excluding hydrogens is 410 g/mol. The Labute approximate surface area is 182 Å². The Morgan fingerprint density at radius 3 is 2.56 bits per heavy atom. The van der Waals surface area contributed by atoms with Crippen LogP contribution in [-0.4, -0.2) is 22.7 Å². The van der Waals surface area contributed by atoms with E-state index in [0.29, 0.717) is 33.6 Å². The number of benzene rings is 3. The Bertz CT molecular complexity index is 1440. The molecule has 0 unspecified atom stereocenters. The van der Waals surface area contributed by atoms with Gasteiger partial charge in [0.15, 0.2) is 16.9 Å². The van der Waals surface area contributed by atoms with Crippen LogP contribution in [0.3, 0.4) is 0 Å². The summed E-state index contributed by atoms with van der Waals surface area (Å²) in [5, 5.41) is 10.2. The van der Waals surface area contributed by atoms with Crippen molar-refractivity contribution in [1.82, 2.24) is 4.90 Å². The van der Waals surface area contributed by atoms with Crippen molar-refractivity contribution in [3.63, 3.8) is 0 Å². The Kier molecular flexibility index (Phi) is 3.98. The highest BCUT2D eigenvalue weighted by Gasteiger charge is 2.42. The summed E-state index contributed by atoms with van der Waals surface area (Å²) >= 11 is 0. The van der Waals surface area contributed by atoms with Gasteiger partial charge in [0.2, 0.25) is 12.6 Å². The van der Waals surface area contributed by atoms with Gasteiger partial charge in [-0.2, -0.15) is 0 Å². The predicted molar refractivity (Wildman–Crippen MR) is 115 cm³/mol. The Morgan fingerprint density at radius 1 is 0.938 bits per heavy atom. The molecule has 1 atom stereocenters. The van der Waals surface area contributed by atoms with Gasteiger partial charge in [-0.1, -0.05) is 30.3 Å². The largest absolute Gasteiger partial charge is 0.508 e. The summed E-state index contributed by atoms with van der Waals surface area (Å²) in [7, 11) is 0. The van der Waals surface area contributed by atoms with E-state index in [4.69, 9.17) is 13.9 Å². The number of hydrogen-bond donors (Lipinski definition) is 1. The number of ether oxygens (including phenoxy) is 2. The first-order valence-electron chi connectivity index (χ1n) is 10.1. The van der Waals surface area contributed by atoms with E-state index in [9.17, 15) is 14.7 Å². The minimum absolute atomic E-state index is 0.0486. The molecule has 0 radical (unpaired) electrons. The van der Waals surface area contributed by atoms with E-state index in [1.54, 1.807) is 59.5 Å². The number of phenols is 1. The first-order chi connectivity index (χ1) is 15.6. The SMILES string of the molecule is O=C1c2oc3ccccc3c(=O)c2[C@H](c2ccc(O)cc2)N1Cc1ccc2c(c1)OCO2. The van der Waals surface area contributed by atoms with Gasteiger partial charge >= 0.3 is 0 Å². The van der Waals surface area contributed by atoms with Crippen molar-refractivity contribution >= 4 is 16.9 Å². The topological polar surface area (TPSA) is 89.2 Å². The molecule has 2 aliphatic heterocycles. The maximum atomic E-state index is 13.5. The van der Waals surface area contributed by atoms with E-state index in [0.717, 1.165) is 5.56 Å². The van der Waals surface area contributed by atoms with Gasteiger partial charge in [0.05, 0.1) is 17.0 Å². The van der Waals surface area contributed by atoms with Gasteiger partial charge in [-0.3, -0.25) is 9.59 Å². The molecule has 32 heavy (non-hydrogen) atoms. The number of aromatic hydroxyl groups is 1. The average Bonchev–Trinajstić information content (AvgIpc) is 3.38. The zero-order chi connectivity index (χ0) is 21.8. The molecule has 4 aromatic rings. The first kappa shape index (κ1) is 18.5. The Morgan fingerprint density at radius 2 is 1.72 bits per heavy atom. The van der Waals surface area contributed by atoms with Crippen molar-refractivity contribution < 1.29 is 23.8 Å². The molecule has 0 fully saturated rings. The number of para-hydroxylation sites is 1. The minimum atomic E-state index is -0.649. The maximum absolute atomic E-state index is 13.5. The second-order valence-corrected chi connectivity index (χ2v) is 7.78. The van der Waals surface area contributed by atoms with Gasteiger partial charge in [-0.25, -0.2) is 0 Å². The van der Waals surface area contributed by atoms with Crippen molar-refractivity contribution in [2.24, 2.45) is 0 Å². The molecule has 7 heteroatoms. The molecule has 1 amide bonds. The smallest absolute Gasteiger partial charge is 0.291 e. The molecule has 0 spiro atoms. The van der Waals surface area contributed by atoms with Crippen molar-refractivity contribution in [3.8, 4) is 17.2 Å². The molecule has 3 aromatic carbocycles. The fraction of sp³-hybridized carbons (Fsp3) is 0.120. The molecular formula is C25H17NO6. The van der Waals surface area contributed by atoms with Crippen molar-refractivity contribution in [3.05, 3.63) is 99.4 Å². The Hall–Kier alpha value is -4.26. The standard InChI is InChI=1S/C25H17NO6/c27-16-8-6-15(7-9-16)22-21-23(28)17-3-1-2-4-18(17)32-24(21)25(29)26(22)12-14-5-10-19-20(11-14)31-13-30-19/h1-11,22,27H,12-13H2/t22-/m0/s1. The summed E-state index contributed by atoms with van der Waals surface area (Å²) < 4.78 is 16.8. The van der Waals surface area contributed by atoms with Gasteiger partial charge in [-0.05, 0) is 47.5 Å². The van der Waals surface area contributed by atoms with Gasteiger partial charge in [-0.15, -0.1) is 0 Å². The highest BCUT2D eigenvalue weighted by Crippen LogP contribution is 2.40. The first-order valence-corrected chi connectivity index (χ1v) is 10.1. The zero-order valence-corrected chi connectivity index (χ0v) is 16.8.